The Balaban J connectivity index is 1.59. The maximum absolute atomic E-state index is 5.25. The number of nitrogens with one attached hydrogen (secondary N) is 1. The van der Waals surface area contributed by atoms with E-state index < -0.39 is 0 Å². The molecule has 1 aliphatic rings. The average molecular weight is 367 g/mol. The van der Waals surface area contributed by atoms with Gasteiger partial charge in [-0.1, -0.05) is 55.8 Å². The van der Waals surface area contributed by atoms with Gasteiger partial charge in [-0.05, 0) is 61.0 Å². The van der Waals surface area contributed by atoms with Crippen molar-refractivity contribution in [2.24, 2.45) is 5.92 Å². The highest BCUT2D eigenvalue weighted by Crippen LogP contribution is 2.32. The molecule has 27 heavy (non-hydrogen) atoms. The van der Waals surface area contributed by atoms with Gasteiger partial charge in [0.25, 0.3) is 0 Å². The molecule has 1 aliphatic heterocycles. The Labute approximate surface area is 164 Å². The zero-order valence-electron chi connectivity index (χ0n) is 16.9. The van der Waals surface area contributed by atoms with Crippen molar-refractivity contribution in [1.82, 2.24) is 10.2 Å². The van der Waals surface area contributed by atoms with Crippen LogP contribution in [-0.4, -0.2) is 38.2 Å². The fourth-order valence-corrected chi connectivity index (χ4v) is 4.18. The van der Waals surface area contributed by atoms with Crippen LogP contribution in [0.3, 0.4) is 0 Å². The Morgan fingerprint density at radius 3 is 2.56 bits per heavy atom. The van der Waals surface area contributed by atoms with Crippen molar-refractivity contribution < 1.29 is 4.74 Å². The van der Waals surface area contributed by atoms with Crippen molar-refractivity contribution in [3.8, 4) is 5.75 Å². The summed E-state index contributed by atoms with van der Waals surface area (Å²) in [5, 5.41) is 3.72. The van der Waals surface area contributed by atoms with Crippen molar-refractivity contribution in [3.05, 3.63) is 65.7 Å². The molecule has 0 bridgehead atoms. The number of likely N-dealkylation sites (tertiary alicyclic amines) is 1. The van der Waals surface area contributed by atoms with E-state index >= 15 is 0 Å². The second-order valence-corrected chi connectivity index (χ2v) is 7.70. The monoisotopic (exact) mass is 366 g/mol. The molecule has 1 saturated heterocycles. The van der Waals surface area contributed by atoms with E-state index in [9.17, 15) is 0 Å². The predicted molar refractivity (Wildman–Crippen MR) is 113 cm³/mol. The van der Waals surface area contributed by atoms with Crippen LogP contribution in [0.25, 0.3) is 0 Å². The molecular weight excluding hydrogens is 332 g/mol. The molecule has 1 fully saturated rings. The van der Waals surface area contributed by atoms with Gasteiger partial charge < -0.3 is 15.0 Å². The lowest BCUT2D eigenvalue weighted by atomic mass is 9.80. The number of piperidine rings is 1. The predicted octanol–water partition coefficient (Wildman–Crippen LogP) is 4.69. The molecule has 3 heteroatoms. The minimum Gasteiger partial charge on any atom is -0.497 e. The molecule has 2 aromatic rings. The van der Waals surface area contributed by atoms with Gasteiger partial charge in [0, 0.05) is 19.6 Å². The highest BCUT2D eigenvalue weighted by atomic mass is 16.5. The van der Waals surface area contributed by atoms with Gasteiger partial charge in [-0.25, -0.2) is 0 Å². The summed E-state index contributed by atoms with van der Waals surface area (Å²) in [7, 11) is 1.71. The van der Waals surface area contributed by atoms with E-state index in [0.717, 1.165) is 18.8 Å². The molecule has 0 saturated carbocycles. The first kappa shape index (κ1) is 19.9. The van der Waals surface area contributed by atoms with E-state index in [1.54, 1.807) is 7.11 Å². The number of nitrogens with zero attached hydrogens (tertiary/aromatic N) is 1. The van der Waals surface area contributed by atoms with Crippen LogP contribution >= 0.6 is 0 Å². The second kappa shape index (κ2) is 10.5. The van der Waals surface area contributed by atoms with Crippen molar-refractivity contribution in [3.63, 3.8) is 0 Å². The molecule has 3 rings (SSSR count). The number of hydrogen-bond acceptors (Lipinski definition) is 3. The third-order valence-electron chi connectivity index (χ3n) is 5.77. The Hall–Kier alpha value is -1.84. The molecule has 2 aromatic carbocycles. The summed E-state index contributed by atoms with van der Waals surface area (Å²) in [5.74, 6) is 2.24. The molecule has 1 N–H and O–H groups in total. The van der Waals surface area contributed by atoms with E-state index in [1.807, 2.05) is 12.1 Å². The van der Waals surface area contributed by atoms with E-state index in [-0.39, 0.29) is 0 Å². The molecular formula is C24H34N2O. The smallest absolute Gasteiger partial charge is 0.118 e. The average Bonchev–Trinajstić information content (AvgIpc) is 2.73. The Bertz CT molecular complexity index is 656. The first-order valence-electron chi connectivity index (χ1n) is 10.4. The van der Waals surface area contributed by atoms with Gasteiger partial charge in [0.1, 0.15) is 5.75 Å². The number of hydrogen-bond donors (Lipinski definition) is 1. The van der Waals surface area contributed by atoms with Crippen LogP contribution in [0.15, 0.2) is 54.6 Å². The number of methoxy groups -OCH3 is 1. The topological polar surface area (TPSA) is 24.5 Å². The molecule has 2 atom stereocenters. The highest BCUT2D eigenvalue weighted by Gasteiger charge is 2.29. The largest absolute Gasteiger partial charge is 0.497 e. The Morgan fingerprint density at radius 2 is 1.85 bits per heavy atom. The van der Waals surface area contributed by atoms with E-state index in [2.05, 4.69) is 59.6 Å². The first-order valence-corrected chi connectivity index (χ1v) is 10.4. The van der Waals surface area contributed by atoms with E-state index in [0.29, 0.717) is 11.8 Å². The number of rotatable bonds is 9. The zero-order valence-corrected chi connectivity index (χ0v) is 16.9. The summed E-state index contributed by atoms with van der Waals surface area (Å²) in [6, 6.07) is 19.5. The fourth-order valence-electron chi connectivity index (χ4n) is 4.18. The van der Waals surface area contributed by atoms with Crippen LogP contribution in [-0.2, 0) is 6.54 Å². The van der Waals surface area contributed by atoms with Crippen molar-refractivity contribution in [1.29, 1.82) is 0 Å². The molecule has 1 heterocycles. The van der Waals surface area contributed by atoms with Gasteiger partial charge in [0.15, 0.2) is 0 Å². The molecule has 0 aliphatic carbocycles. The summed E-state index contributed by atoms with van der Waals surface area (Å²) >= 11 is 0. The van der Waals surface area contributed by atoms with Gasteiger partial charge in [-0.2, -0.15) is 0 Å². The lowest BCUT2D eigenvalue weighted by Gasteiger charge is -2.39. The van der Waals surface area contributed by atoms with Crippen molar-refractivity contribution in [2.45, 2.75) is 38.6 Å². The van der Waals surface area contributed by atoms with Crippen LogP contribution in [0, 0.1) is 5.92 Å². The molecule has 0 aromatic heterocycles. The lowest BCUT2D eigenvalue weighted by Crippen LogP contribution is -2.43. The second-order valence-electron chi connectivity index (χ2n) is 7.70. The van der Waals surface area contributed by atoms with Crippen molar-refractivity contribution in [2.75, 3.05) is 33.3 Å². The molecule has 0 amide bonds. The van der Waals surface area contributed by atoms with E-state index in [4.69, 9.17) is 4.74 Å². The lowest BCUT2D eigenvalue weighted by molar-refractivity contribution is 0.149. The molecule has 0 spiro atoms. The minimum absolute atomic E-state index is 0.660. The summed E-state index contributed by atoms with van der Waals surface area (Å²) in [6.07, 6.45) is 3.85. The standard InChI is InChI=1S/C24H34N2O/c1-3-4-15-26-16-14-24(21-8-6-5-7-9-21)22(19-26)18-25-17-20-10-12-23(27-2)13-11-20/h5-13,22,24-25H,3-4,14-19H2,1-2H3. The van der Waals surface area contributed by atoms with E-state index in [1.165, 1.54) is 50.0 Å². The van der Waals surface area contributed by atoms with Gasteiger partial charge in [0.2, 0.25) is 0 Å². The van der Waals surface area contributed by atoms with Crippen LogP contribution in [0.2, 0.25) is 0 Å². The normalized spacial score (nSPS) is 20.5. The highest BCUT2D eigenvalue weighted by molar-refractivity contribution is 5.27. The minimum atomic E-state index is 0.660. The van der Waals surface area contributed by atoms with Crippen LogP contribution in [0.1, 0.15) is 43.2 Å². The molecule has 2 unspecified atom stereocenters. The van der Waals surface area contributed by atoms with Gasteiger partial charge in [-0.15, -0.1) is 0 Å². The number of unbranched alkanes of at least 4 members (excludes halogenated alkanes) is 1. The summed E-state index contributed by atoms with van der Waals surface area (Å²) in [5.41, 5.74) is 2.81. The summed E-state index contributed by atoms with van der Waals surface area (Å²) < 4.78 is 5.25. The Morgan fingerprint density at radius 1 is 1.07 bits per heavy atom. The first-order chi connectivity index (χ1) is 13.3. The van der Waals surface area contributed by atoms with Crippen LogP contribution in [0.5, 0.6) is 5.75 Å². The van der Waals surface area contributed by atoms with Crippen LogP contribution < -0.4 is 10.1 Å². The summed E-state index contributed by atoms with van der Waals surface area (Å²) in [6.45, 7) is 7.94. The van der Waals surface area contributed by atoms with Crippen LogP contribution in [0.4, 0.5) is 0 Å². The third-order valence-corrected chi connectivity index (χ3v) is 5.77. The SMILES string of the molecule is CCCCN1CCC(c2ccccc2)C(CNCc2ccc(OC)cc2)C1. The number of benzene rings is 2. The van der Waals surface area contributed by atoms with Crippen molar-refractivity contribution >= 4 is 0 Å². The van der Waals surface area contributed by atoms with Gasteiger partial charge in [0.05, 0.1) is 7.11 Å². The maximum Gasteiger partial charge on any atom is 0.118 e. The molecule has 0 radical (unpaired) electrons. The van der Waals surface area contributed by atoms with Gasteiger partial charge in [-0.3, -0.25) is 0 Å². The summed E-state index contributed by atoms with van der Waals surface area (Å²) in [4.78, 5) is 2.67. The number of ether oxygens (including phenoxy) is 1. The molecule has 3 nitrogen and oxygen atoms in total. The quantitative estimate of drug-likeness (QED) is 0.697. The zero-order chi connectivity index (χ0) is 18.9. The Kier molecular flexibility index (Phi) is 7.73. The maximum atomic E-state index is 5.25. The fraction of sp³-hybridized carbons (Fsp3) is 0.500. The van der Waals surface area contributed by atoms with Gasteiger partial charge >= 0.3 is 0 Å². The third kappa shape index (κ3) is 5.82. The molecule has 146 valence electrons.